The van der Waals surface area contributed by atoms with Crippen molar-refractivity contribution in [1.82, 2.24) is 0 Å². The van der Waals surface area contributed by atoms with Crippen molar-refractivity contribution < 1.29 is 0 Å². The van der Waals surface area contributed by atoms with E-state index in [9.17, 15) is 0 Å². The van der Waals surface area contributed by atoms with Gasteiger partial charge in [-0.25, -0.2) is 4.99 Å². The topological polar surface area (TPSA) is 72.3 Å². The van der Waals surface area contributed by atoms with Crippen LogP contribution in [0.25, 0.3) is 0 Å². The number of rotatable bonds is 3. The van der Waals surface area contributed by atoms with Crippen LogP contribution in [-0.4, -0.2) is 12.4 Å². The standard InChI is InChI=1S/C8H8N4/c1-7(5-10)12-8(3-4-9)6-11-2/h6H,2-3H2,1H3/b8-6-,12-7+. The van der Waals surface area contributed by atoms with Crippen LogP contribution >= 0.6 is 0 Å². The Labute approximate surface area is 71.2 Å². The molecule has 60 valence electrons. The summed E-state index contributed by atoms with van der Waals surface area (Å²) in [5.41, 5.74) is 0.756. The summed E-state index contributed by atoms with van der Waals surface area (Å²) in [6.07, 6.45) is 1.50. The zero-order valence-electron chi connectivity index (χ0n) is 6.78. The molecule has 0 aromatic rings. The van der Waals surface area contributed by atoms with Gasteiger partial charge < -0.3 is 0 Å². The van der Waals surface area contributed by atoms with Crippen LogP contribution in [0.3, 0.4) is 0 Å². The molecule has 0 aliphatic carbocycles. The van der Waals surface area contributed by atoms with Crippen molar-refractivity contribution in [3.8, 4) is 12.1 Å². The van der Waals surface area contributed by atoms with Gasteiger partial charge in [-0.05, 0) is 13.6 Å². The first-order valence-electron chi connectivity index (χ1n) is 3.21. The van der Waals surface area contributed by atoms with Gasteiger partial charge in [-0.3, -0.25) is 4.99 Å². The molecule has 0 radical (unpaired) electrons. The van der Waals surface area contributed by atoms with Gasteiger partial charge in [0.1, 0.15) is 11.8 Å². The van der Waals surface area contributed by atoms with E-state index in [-0.39, 0.29) is 6.42 Å². The molecule has 0 rings (SSSR count). The third-order valence-corrected chi connectivity index (χ3v) is 0.974. The molecule has 0 heterocycles. The van der Waals surface area contributed by atoms with Gasteiger partial charge in [-0.1, -0.05) is 0 Å². The summed E-state index contributed by atoms with van der Waals surface area (Å²) < 4.78 is 0. The maximum absolute atomic E-state index is 8.38. The molecule has 0 N–H and O–H groups in total. The van der Waals surface area contributed by atoms with Crippen molar-refractivity contribution in [1.29, 1.82) is 10.5 Å². The summed E-state index contributed by atoms with van der Waals surface area (Å²) >= 11 is 0. The Bertz CT molecular complexity index is 298. The molecule has 0 unspecified atom stereocenters. The quantitative estimate of drug-likeness (QED) is 0.585. The molecule has 0 saturated heterocycles. The first-order chi connectivity index (χ1) is 5.74. The van der Waals surface area contributed by atoms with E-state index >= 15 is 0 Å². The number of nitrogens with zero attached hydrogens (tertiary/aromatic N) is 4. The van der Waals surface area contributed by atoms with Gasteiger partial charge in [-0.15, -0.1) is 0 Å². The van der Waals surface area contributed by atoms with Crippen LogP contribution in [0.4, 0.5) is 0 Å². The molecule has 0 aromatic carbocycles. The lowest BCUT2D eigenvalue weighted by Crippen LogP contribution is -1.86. The molecule has 0 aromatic heterocycles. The van der Waals surface area contributed by atoms with Crippen LogP contribution in [0.1, 0.15) is 13.3 Å². The molecule has 0 fully saturated rings. The second-order valence-corrected chi connectivity index (χ2v) is 1.95. The smallest absolute Gasteiger partial charge is 0.115 e. The van der Waals surface area contributed by atoms with Crippen molar-refractivity contribution in [3.63, 3.8) is 0 Å². The van der Waals surface area contributed by atoms with E-state index in [1.54, 1.807) is 6.92 Å². The first-order valence-corrected chi connectivity index (χ1v) is 3.21. The second kappa shape index (κ2) is 5.82. The van der Waals surface area contributed by atoms with Crippen molar-refractivity contribution >= 4 is 12.4 Å². The average Bonchev–Trinajstić information content (AvgIpc) is 2.05. The van der Waals surface area contributed by atoms with Crippen molar-refractivity contribution in [2.45, 2.75) is 13.3 Å². The zero-order valence-corrected chi connectivity index (χ0v) is 6.78. The molecule has 0 aliphatic heterocycles. The number of hydrogen-bond acceptors (Lipinski definition) is 4. The van der Waals surface area contributed by atoms with Crippen LogP contribution in [0, 0.1) is 22.7 Å². The minimum atomic E-state index is 0.137. The Hall–Kier alpha value is -1.94. The van der Waals surface area contributed by atoms with Crippen molar-refractivity contribution in [3.05, 3.63) is 11.9 Å². The highest BCUT2D eigenvalue weighted by Crippen LogP contribution is 2.02. The number of hydrogen-bond donors (Lipinski definition) is 0. The normalized spacial score (nSPS) is 11.6. The lowest BCUT2D eigenvalue weighted by molar-refractivity contribution is 1.15. The number of nitriles is 2. The number of aliphatic imine (C=N–C) groups is 2. The Morgan fingerprint density at radius 2 is 2.25 bits per heavy atom. The van der Waals surface area contributed by atoms with Crippen LogP contribution in [0.2, 0.25) is 0 Å². The molecular weight excluding hydrogens is 152 g/mol. The summed E-state index contributed by atoms with van der Waals surface area (Å²) in [5, 5.41) is 16.7. The molecule has 0 aliphatic rings. The van der Waals surface area contributed by atoms with E-state index < -0.39 is 0 Å². The van der Waals surface area contributed by atoms with E-state index in [1.807, 2.05) is 12.1 Å². The third-order valence-electron chi connectivity index (χ3n) is 0.974. The summed E-state index contributed by atoms with van der Waals surface area (Å²) in [5.74, 6) is 0. The zero-order chi connectivity index (χ0) is 9.40. The summed E-state index contributed by atoms with van der Waals surface area (Å²) in [4.78, 5) is 7.30. The highest BCUT2D eigenvalue weighted by Gasteiger charge is 1.93. The fourth-order valence-electron chi connectivity index (χ4n) is 0.541. The van der Waals surface area contributed by atoms with E-state index in [2.05, 4.69) is 16.7 Å². The Kier molecular flexibility index (Phi) is 4.88. The van der Waals surface area contributed by atoms with E-state index in [0.717, 1.165) is 0 Å². The van der Waals surface area contributed by atoms with Crippen LogP contribution < -0.4 is 0 Å². The molecule has 0 saturated carbocycles. The molecule has 0 spiro atoms. The highest BCUT2D eigenvalue weighted by molar-refractivity contribution is 5.96. The largest absolute Gasteiger partial charge is 0.271 e. The first kappa shape index (κ1) is 10.1. The lowest BCUT2D eigenvalue weighted by Gasteiger charge is -1.91. The van der Waals surface area contributed by atoms with Gasteiger partial charge in [-0.2, -0.15) is 10.5 Å². The molecule has 0 amide bonds. The Balaban J connectivity index is 4.59. The van der Waals surface area contributed by atoms with Gasteiger partial charge in [0.15, 0.2) is 0 Å². The lowest BCUT2D eigenvalue weighted by atomic mass is 10.3. The summed E-state index contributed by atoms with van der Waals surface area (Å²) in [7, 11) is 0. The predicted molar refractivity (Wildman–Crippen MR) is 46.6 cm³/mol. The molecule has 4 heteroatoms. The van der Waals surface area contributed by atoms with E-state index in [1.165, 1.54) is 6.20 Å². The maximum Gasteiger partial charge on any atom is 0.115 e. The predicted octanol–water partition coefficient (Wildman–Crippen LogP) is 1.43. The summed E-state index contributed by atoms with van der Waals surface area (Å²) in [6, 6.07) is 3.76. The van der Waals surface area contributed by atoms with Crippen molar-refractivity contribution in [2.75, 3.05) is 0 Å². The minimum absolute atomic E-state index is 0.137. The Morgan fingerprint density at radius 1 is 1.58 bits per heavy atom. The van der Waals surface area contributed by atoms with Crippen LogP contribution in [-0.2, 0) is 0 Å². The molecular formula is C8H8N4. The SMILES string of the molecule is C=N/C=C(CC#N)\N=C(/C)C#N. The van der Waals surface area contributed by atoms with Gasteiger partial charge in [0.25, 0.3) is 0 Å². The average molecular weight is 160 g/mol. The molecule has 4 nitrogen and oxygen atoms in total. The summed E-state index contributed by atoms with van der Waals surface area (Å²) in [6.45, 7) is 4.79. The minimum Gasteiger partial charge on any atom is -0.271 e. The second-order valence-electron chi connectivity index (χ2n) is 1.95. The monoisotopic (exact) mass is 160 g/mol. The maximum atomic E-state index is 8.38. The van der Waals surface area contributed by atoms with Gasteiger partial charge in [0.2, 0.25) is 0 Å². The molecule has 0 bridgehead atoms. The van der Waals surface area contributed by atoms with Crippen LogP contribution in [0.5, 0.6) is 0 Å². The van der Waals surface area contributed by atoms with E-state index in [4.69, 9.17) is 10.5 Å². The van der Waals surface area contributed by atoms with E-state index in [0.29, 0.717) is 11.4 Å². The Morgan fingerprint density at radius 3 is 2.67 bits per heavy atom. The molecule has 12 heavy (non-hydrogen) atoms. The van der Waals surface area contributed by atoms with Gasteiger partial charge >= 0.3 is 0 Å². The van der Waals surface area contributed by atoms with Crippen molar-refractivity contribution in [2.24, 2.45) is 9.98 Å². The highest BCUT2D eigenvalue weighted by atomic mass is 14.8. The fourth-order valence-corrected chi connectivity index (χ4v) is 0.541. The molecule has 0 atom stereocenters. The van der Waals surface area contributed by atoms with Gasteiger partial charge in [0.05, 0.1) is 18.2 Å². The number of allylic oxidation sites excluding steroid dienone is 1. The fraction of sp³-hybridized carbons (Fsp3) is 0.250. The third kappa shape index (κ3) is 3.97. The van der Waals surface area contributed by atoms with Gasteiger partial charge in [0, 0.05) is 6.20 Å². The van der Waals surface area contributed by atoms with Crippen LogP contribution in [0.15, 0.2) is 21.9 Å².